The van der Waals surface area contributed by atoms with E-state index in [1.165, 1.54) is 11.8 Å². The zero-order chi connectivity index (χ0) is 18.6. The van der Waals surface area contributed by atoms with E-state index in [9.17, 15) is 9.59 Å². The summed E-state index contributed by atoms with van der Waals surface area (Å²) >= 11 is 1.31. The first-order chi connectivity index (χ1) is 11.8. The molecular formula is C18H26N4O2S. The van der Waals surface area contributed by atoms with Gasteiger partial charge in [-0.2, -0.15) is 0 Å². The van der Waals surface area contributed by atoms with Gasteiger partial charge in [-0.3, -0.25) is 9.36 Å². The largest absolute Gasteiger partial charge is 0.344 e. The van der Waals surface area contributed by atoms with Gasteiger partial charge in [0.05, 0.1) is 11.8 Å². The van der Waals surface area contributed by atoms with E-state index in [4.69, 9.17) is 0 Å². The number of hydrogen-bond acceptors (Lipinski definition) is 4. The smallest absolute Gasteiger partial charge is 0.337 e. The van der Waals surface area contributed by atoms with Gasteiger partial charge in [-0.15, -0.1) is 5.10 Å². The molecule has 1 atom stereocenters. The second kappa shape index (κ2) is 8.38. The van der Waals surface area contributed by atoms with E-state index in [-0.39, 0.29) is 28.9 Å². The molecule has 0 spiro atoms. The topological polar surface area (TPSA) is 71.0 Å². The Balaban J connectivity index is 2.17. The Labute approximate surface area is 152 Å². The lowest BCUT2D eigenvalue weighted by Crippen LogP contribution is -2.45. The van der Waals surface area contributed by atoms with Crippen molar-refractivity contribution in [1.29, 1.82) is 0 Å². The van der Waals surface area contributed by atoms with Gasteiger partial charge in [0.15, 0.2) is 5.16 Å². The third-order valence-electron chi connectivity index (χ3n) is 3.90. The summed E-state index contributed by atoms with van der Waals surface area (Å²) in [6, 6.07) is 9.97. The maximum Gasteiger partial charge on any atom is 0.344 e. The Morgan fingerprint density at radius 1 is 1.16 bits per heavy atom. The Kier molecular flexibility index (Phi) is 6.47. The molecule has 0 bridgehead atoms. The molecule has 0 fully saturated rings. The van der Waals surface area contributed by atoms with Crippen LogP contribution in [0.25, 0.3) is 0 Å². The number of rotatable bonds is 7. The summed E-state index contributed by atoms with van der Waals surface area (Å²) in [5.74, 6) is 0.0525. The summed E-state index contributed by atoms with van der Waals surface area (Å²) in [6.45, 7) is 10.3. The highest BCUT2D eigenvalue weighted by atomic mass is 32.2. The average Bonchev–Trinajstić information content (AvgIpc) is 2.88. The van der Waals surface area contributed by atoms with E-state index in [1.807, 2.05) is 69.9 Å². The number of aromatic nitrogens is 3. The van der Waals surface area contributed by atoms with E-state index >= 15 is 0 Å². The fourth-order valence-electron chi connectivity index (χ4n) is 2.82. The molecule has 1 N–H and O–H groups in total. The number of amides is 1. The lowest BCUT2D eigenvalue weighted by atomic mass is 10.2. The first-order valence-corrected chi connectivity index (χ1v) is 9.37. The van der Waals surface area contributed by atoms with Gasteiger partial charge in [0.2, 0.25) is 5.91 Å². The van der Waals surface area contributed by atoms with Crippen LogP contribution in [0.2, 0.25) is 0 Å². The summed E-state index contributed by atoms with van der Waals surface area (Å²) in [5, 5.41) is 6.79. The maximum atomic E-state index is 12.8. The third kappa shape index (κ3) is 4.75. The summed E-state index contributed by atoms with van der Waals surface area (Å²) in [7, 11) is 0. The number of hydrogen-bond donors (Lipinski definition) is 1. The quantitative estimate of drug-likeness (QED) is 0.769. The van der Waals surface area contributed by atoms with Crippen molar-refractivity contribution >= 4 is 17.7 Å². The highest BCUT2D eigenvalue weighted by Gasteiger charge is 2.27. The molecule has 1 aromatic carbocycles. The number of carbonyl (C=O) groups excluding carboxylic acids is 1. The van der Waals surface area contributed by atoms with Crippen molar-refractivity contribution in [2.75, 3.05) is 0 Å². The highest BCUT2D eigenvalue weighted by molar-refractivity contribution is 8.00. The lowest BCUT2D eigenvalue weighted by Gasteiger charge is -2.32. The zero-order valence-electron chi connectivity index (χ0n) is 15.4. The lowest BCUT2D eigenvalue weighted by molar-refractivity contribution is -0.133. The second-order valence-corrected chi connectivity index (χ2v) is 7.88. The number of thioether (sulfide) groups is 1. The SMILES string of the molecule is CC(C)N(C(=O)[C@H](C)Sc1n[nH]c(=O)n1Cc1ccccc1)C(C)C. The fourth-order valence-corrected chi connectivity index (χ4v) is 3.73. The zero-order valence-corrected chi connectivity index (χ0v) is 16.2. The molecule has 0 saturated heterocycles. The normalized spacial score (nSPS) is 12.6. The monoisotopic (exact) mass is 362 g/mol. The molecule has 0 aliphatic carbocycles. The number of nitrogens with zero attached hydrogens (tertiary/aromatic N) is 3. The summed E-state index contributed by atoms with van der Waals surface area (Å²) < 4.78 is 1.57. The van der Waals surface area contributed by atoms with Crippen LogP contribution in [0, 0.1) is 0 Å². The molecule has 6 nitrogen and oxygen atoms in total. The molecule has 2 rings (SSSR count). The maximum absolute atomic E-state index is 12.8. The molecule has 136 valence electrons. The molecule has 0 aliphatic heterocycles. The molecule has 1 aromatic heterocycles. The van der Waals surface area contributed by atoms with E-state index in [2.05, 4.69) is 10.2 Å². The molecule has 7 heteroatoms. The minimum absolute atomic E-state index is 0.0525. The molecule has 0 saturated carbocycles. The molecule has 2 aromatic rings. The van der Waals surface area contributed by atoms with Crippen molar-refractivity contribution in [1.82, 2.24) is 19.7 Å². The molecule has 0 radical (unpaired) electrons. The van der Waals surface area contributed by atoms with Crippen molar-refractivity contribution in [2.45, 2.75) is 63.7 Å². The summed E-state index contributed by atoms with van der Waals surface area (Å²) in [6.07, 6.45) is 0. The van der Waals surface area contributed by atoms with Crippen LogP contribution in [-0.4, -0.2) is 42.9 Å². The van der Waals surface area contributed by atoms with Gasteiger partial charge in [0, 0.05) is 12.1 Å². The molecule has 0 unspecified atom stereocenters. The number of carbonyl (C=O) groups is 1. The number of H-pyrrole nitrogens is 1. The minimum Gasteiger partial charge on any atom is -0.337 e. The number of aromatic amines is 1. The fraction of sp³-hybridized carbons (Fsp3) is 0.500. The predicted molar refractivity (Wildman–Crippen MR) is 101 cm³/mol. The van der Waals surface area contributed by atoms with Crippen LogP contribution in [0.5, 0.6) is 0 Å². The summed E-state index contributed by atoms with van der Waals surface area (Å²) in [5.41, 5.74) is 0.744. The Hall–Kier alpha value is -2.02. The van der Waals surface area contributed by atoms with Crippen LogP contribution in [-0.2, 0) is 11.3 Å². The van der Waals surface area contributed by atoms with Crippen molar-refractivity contribution in [3.63, 3.8) is 0 Å². The van der Waals surface area contributed by atoms with Crippen LogP contribution in [0.15, 0.2) is 40.3 Å². The molecule has 1 amide bonds. The van der Waals surface area contributed by atoms with Gasteiger partial charge < -0.3 is 4.90 Å². The van der Waals surface area contributed by atoms with Crippen molar-refractivity contribution < 1.29 is 4.79 Å². The van der Waals surface area contributed by atoms with E-state index < -0.39 is 0 Å². The number of nitrogens with one attached hydrogen (secondary N) is 1. The van der Waals surface area contributed by atoms with Gasteiger partial charge >= 0.3 is 5.69 Å². The van der Waals surface area contributed by atoms with Gasteiger partial charge in [-0.25, -0.2) is 9.89 Å². The Bertz CT molecular complexity index is 744. The molecule has 25 heavy (non-hydrogen) atoms. The first kappa shape index (κ1) is 19.3. The van der Waals surface area contributed by atoms with Crippen LogP contribution >= 0.6 is 11.8 Å². The number of benzene rings is 1. The Morgan fingerprint density at radius 3 is 2.32 bits per heavy atom. The van der Waals surface area contributed by atoms with E-state index in [1.54, 1.807) is 4.57 Å². The van der Waals surface area contributed by atoms with Gasteiger partial charge in [0.1, 0.15) is 0 Å². The van der Waals surface area contributed by atoms with E-state index in [0.29, 0.717) is 11.7 Å². The van der Waals surface area contributed by atoms with Crippen LogP contribution in [0.3, 0.4) is 0 Å². The van der Waals surface area contributed by atoms with Crippen LogP contribution in [0.4, 0.5) is 0 Å². The minimum atomic E-state index is -0.325. The second-order valence-electron chi connectivity index (χ2n) is 6.58. The standard InChI is InChI=1S/C18H26N4O2S/c1-12(2)22(13(3)4)16(23)14(5)25-18-20-19-17(24)21(18)11-15-9-7-6-8-10-15/h6-10,12-14H,11H2,1-5H3,(H,19,24)/t14-/m0/s1. The van der Waals surface area contributed by atoms with E-state index in [0.717, 1.165) is 5.56 Å². The van der Waals surface area contributed by atoms with Crippen LogP contribution < -0.4 is 5.69 Å². The third-order valence-corrected chi connectivity index (χ3v) is 4.98. The van der Waals surface area contributed by atoms with Crippen molar-refractivity contribution in [2.24, 2.45) is 0 Å². The molecular weight excluding hydrogens is 336 g/mol. The summed E-state index contributed by atoms with van der Waals surface area (Å²) in [4.78, 5) is 26.7. The van der Waals surface area contributed by atoms with Crippen molar-refractivity contribution in [3.05, 3.63) is 46.4 Å². The average molecular weight is 362 g/mol. The molecule has 0 aliphatic rings. The first-order valence-electron chi connectivity index (χ1n) is 8.49. The highest BCUT2D eigenvalue weighted by Crippen LogP contribution is 2.23. The van der Waals surface area contributed by atoms with Gasteiger partial charge in [-0.05, 0) is 40.2 Å². The van der Waals surface area contributed by atoms with Gasteiger partial charge in [-0.1, -0.05) is 42.1 Å². The Morgan fingerprint density at radius 2 is 1.76 bits per heavy atom. The molecule has 1 heterocycles. The van der Waals surface area contributed by atoms with Crippen LogP contribution in [0.1, 0.15) is 40.2 Å². The van der Waals surface area contributed by atoms with Gasteiger partial charge in [0.25, 0.3) is 0 Å². The van der Waals surface area contributed by atoms with Crippen molar-refractivity contribution in [3.8, 4) is 0 Å². The predicted octanol–water partition coefficient (Wildman–Crippen LogP) is 2.75.